The van der Waals surface area contributed by atoms with Crippen LogP contribution in [0.4, 0.5) is 4.79 Å². The summed E-state index contributed by atoms with van der Waals surface area (Å²) < 4.78 is 6.80. The molecule has 1 heterocycles. The van der Waals surface area contributed by atoms with Gasteiger partial charge in [0.15, 0.2) is 0 Å². The van der Waals surface area contributed by atoms with Crippen molar-refractivity contribution in [2.45, 2.75) is 19.1 Å². The lowest BCUT2D eigenvalue weighted by molar-refractivity contribution is -0.128. The summed E-state index contributed by atoms with van der Waals surface area (Å²) in [5, 5.41) is 4.69. The van der Waals surface area contributed by atoms with Gasteiger partial charge in [-0.25, -0.2) is 4.79 Å². The minimum atomic E-state index is -0.492. The molecule has 120 valence electrons. The maximum absolute atomic E-state index is 12.0. The number of carbonyl (C=O) groups excluding carboxylic acids is 2. The first-order valence-corrected chi connectivity index (χ1v) is 7.94. The standard InChI is InChI=1S/C15H20BrN3O3/c1-10(14(20)18-15(21)17-2)19-6-7-22-13(9-19)11-4-3-5-12(16)8-11/h3-5,8,10,13H,6-7,9H2,1-2H3,(H2,17,18,20,21)/t10-,13-/m0/s1. The van der Waals surface area contributed by atoms with Crippen LogP contribution in [0.2, 0.25) is 0 Å². The van der Waals surface area contributed by atoms with Crippen molar-refractivity contribution in [2.75, 3.05) is 26.7 Å². The Kier molecular flexibility index (Phi) is 5.93. The predicted octanol–water partition coefficient (Wildman–Crippen LogP) is 1.67. The van der Waals surface area contributed by atoms with E-state index < -0.39 is 12.1 Å². The number of hydrogen-bond donors (Lipinski definition) is 2. The number of halogens is 1. The maximum atomic E-state index is 12.0. The van der Waals surface area contributed by atoms with Gasteiger partial charge < -0.3 is 10.1 Å². The topological polar surface area (TPSA) is 70.7 Å². The number of ether oxygens (including phenoxy) is 1. The van der Waals surface area contributed by atoms with E-state index in [1.807, 2.05) is 29.2 Å². The van der Waals surface area contributed by atoms with Crippen LogP contribution in [-0.4, -0.2) is 49.6 Å². The third-order valence-corrected chi connectivity index (χ3v) is 4.20. The van der Waals surface area contributed by atoms with Crippen molar-refractivity contribution in [2.24, 2.45) is 0 Å². The van der Waals surface area contributed by atoms with Gasteiger partial charge in [0, 0.05) is 24.6 Å². The van der Waals surface area contributed by atoms with Gasteiger partial charge in [0.1, 0.15) is 0 Å². The van der Waals surface area contributed by atoms with Crippen LogP contribution in [0.25, 0.3) is 0 Å². The average Bonchev–Trinajstić information content (AvgIpc) is 2.54. The van der Waals surface area contributed by atoms with Crippen LogP contribution in [0.1, 0.15) is 18.6 Å². The number of urea groups is 1. The predicted molar refractivity (Wildman–Crippen MR) is 86.5 cm³/mol. The highest BCUT2D eigenvalue weighted by atomic mass is 79.9. The Labute approximate surface area is 138 Å². The Balaban J connectivity index is 2.00. The number of nitrogens with zero attached hydrogens (tertiary/aromatic N) is 1. The summed E-state index contributed by atoms with van der Waals surface area (Å²) in [5.74, 6) is -0.311. The average molecular weight is 370 g/mol. The van der Waals surface area contributed by atoms with E-state index in [9.17, 15) is 9.59 Å². The van der Waals surface area contributed by atoms with Crippen molar-refractivity contribution in [3.8, 4) is 0 Å². The zero-order chi connectivity index (χ0) is 16.1. The lowest BCUT2D eigenvalue weighted by Crippen LogP contribution is -2.52. The van der Waals surface area contributed by atoms with Crippen molar-refractivity contribution in [3.05, 3.63) is 34.3 Å². The van der Waals surface area contributed by atoms with Crippen LogP contribution < -0.4 is 10.6 Å². The summed E-state index contributed by atoms with van der Waals surface area (Å²) >= 11 is 3.45. The zero-order valence-electron chi connectivity index (χ0n) is 12.6. The molecular weight excluding hydrogens is 350 g/mol. The smallest absolute Gasteiger partial charge is 0.321 e. The van der Waals surface area contributed by atoms with E-state index in [2.05, 4.69) is 26.6 Å². The molecule has 2 rings (SSSR count). The van der Waals surface area contributed by atoms with Crippen LogP contribution in [-0.2, 0) is 9.53 Å². The molecule has 0 aliphatic carbocycles. The monoisotopic (exact) mass is 369 g/mol. The molecule has 1 aliphatic rings. The van der Waals surface area contributed by atoms with E-state index in [0.29, 0.717) is 19.7 Å². The number of carbonyl (C=O) groups is 2. The minimum Gasteiger partial charge on any atom is -0.371 e. The molecule has 6 nitrogen and oxygen atoms in total. The fourth-order valence-electron chi connectivity index (χ4n) is 2.37. The lowest BCUT2D eigenvalue weighted by atomic mass is 10.1. The number of benzene rings is 1. The number of hydrogen-bond acceptors (Lipinski definition) is 4. The van der Waals surface area contributed by atoms with E-state index in [0.717, 1.165) is 10.0 Å². The van der Waals surface area contributed by atoms with Crippen molar-refractivity contribution in [1.29, 1.82) is 0 Å². The number of nitrogens with one attached hydrogen (secondary N) is 2. The van der Waals surface area contributed by atoms with Crippen molar-refractivity contribution in [3.63, 3.8) is 0 Å². The Hall–Kier alpha value is -1.44. The number of morpholine rings is 1. The second kappa shape index (κ2) is 7.71. The molecule has 1 aromatic rings. The molecule has 1 fully saturated rings. The summed E-state index contributed by atoms with van der Waals surface area (Å²) in [5.41, 5.74) is 1.07. The third-order valence-electron chi connectivity index (χ3n) is 3.71. The van der Waals surface area contributed by atoms with Gasteiger partial charge in [-0.15, -0.1) is 0 Å². The van der Waals surface area contributed by atoms with Crippen molar-refractivity contribution in [1.82, 2.24) is 15.5 Å². The van der Waals surface area contributed by atoms with E-state index in [1.165, 1.54) is 7.05 Å². The molecule has 3 amide bonds. The van der Waals surface area contributed by atoms with Crippen molar-refractivity contribution < 1.29 is 14.3 Å². The zero-order valence-corrected chi connectivity index (χ0v) is 14.2. The summed E-state index contributed by atoms with van der Waals surface area (Å²) in [4.78, 5) is 25.3. The summed E-state index contributed by atoms with van der Waals surface area (Å²) in [6, 6.07) is 7.06. The first-order chi connectivity index (χ1) is 10.5. The highest BCUT2D eigenvalue weighted by molar-refractivity contribution is 9.10. The quantitative estimate of drug-likeness (QED) is 0.849. The highest BCUT2D eigenvalue weighted by Crippen LogP contribution is 2.25. The molecule has 1 saturated heterocycles. The van der Waals surface area contributed by atoms with E-state index in [-0.39, 0.29) is 12.0 Å². The van der Waals surface area contributed by atoms with Crippen LogP contribution in [0.5, 0.6) is 0 Å². The van der Waals surface area contributed by atoms with E-state index >= 15 is 0 Å². The summed E-state index contributed by atoms with van der Waals surface area (Å²) in [6.07, 6.45) is -0.0819. The molecule has 1 aromatic carbocycles. The Morgan fingerprint density at radius 3 is 2.91 bits per heavy atom. The van der Waals surface area contributed by atoms with Crippen LogP contribution >= 0.6 is 15.9 Å². The van der Waals surface area contributed by atoms with Gasteiger partial charge in [0.2, 0.25) is 5.91 Å². The molecule has 0 spiro atoms. The van der Waals surface area contributed by atoms with Gasteiger partial charge in [0.25, 0.3) is 0 Å². The largest absolute Gasteiger partial charge is 0.371 e. The number of amides is 3. The SMILES string of the molecule is CNC(=O)NC(=O)[C@H](C)N1CCO[C@H](c2cccc(Br)c2)C1. The highest BCUT2D eigenvalue weighted by Gasteiger charge is 2.29. The first-order valence-electron chi connectivity index (χ1n) is 7.15. The molecule has 7 heteroatoms. The van der Waals surface area contributed by atoms with Gasteiger partial charge in [-0.05, 0) is 24.6 Å². The fourth-order valence-corrected chi connectivity index (χ4v) is 2.79. The molecular formula is C15H20BrN3O3. The summed E-state index contributed by atoms with van der Waals surface area (Å²) in [7, 11) is 1.48. The Morgan fingerprint density at radius 2 is 2.23 bits per heavy atom. The van der Waals surface area contributed by atoms with Gasteiger partial charge in [-0.2, -0.15) is 0 Å². The van der Waals surface area contributed by atoms with Crippen LogP contribution in [0, 0.1) is 0 Å². The van der Waals surface area contributed by atoms with Crippen molar-refractivity contribution >= 4 is 27.9 Å². The third kappa shape index (κ3) is 4.28. The molecule has 0 radical (unpaired) electrons. The maximum Gasteiger partial charge on any atom is 0.321 e. The number of rotatable bonds is 3. The fraction of sp³-hybridized carbons (Fsp3) is 0.467. The molecule has 0 bridgehead atoms. The molecule has 0 aromatic heterocycles. The number of imide groups is 1. The summed E-state index contributed by atoms with van der Waals surface area (Å²) in [6.45, 7) is 3.61. The first kappa shape index (κ1) is 16.9. The van der Waals surface area contributed by atoms with Gasteiger partial charge in [-0.1, -0.05) is 28.1 Å². The molecule has 0 unspecified atom stereocenters. The normalized spacial score (nSPS) is 20.2. The second-order valence-electron chi connectivity index (χ2n) is 5.15. The van der Waals surface area contributed by atoms with Crippen LogP contribution in [0.3, 0.4) is 0 Å². The Morgan fingerprint density at radius 1 is 1.45 bits per heavy atom. The van der Waals surface area contributed by atoms with Crippen LogP contribution in [0.15, 0.2) is 28.7 Å². The molecule has 22 heavy (non-hydrogen) atoms. The van der Waals surface area contributed by atoms with Gasteiger partial charge >= 0.3 is 6.03 Å². The molecule has 0 saturated carbocycles. The minimum absolute atomic E-state index is 0.0819. The Bertz CT molecular complexity index is 553. The lowest BCUT2D eigenvalue weighted by Gasteiger charge is -2.36. The van der Waals surface area contributed by atoms with E-state index in [1.54, 1.807) is 6.92 Å². The van der Waals surface area contributed by atoms with E-state index in [4.69, 9.17) is 4.74 Å². The van der Waals surface area contributed by atoms with Gasteiger partial charge in [-0.3, -0.25) is 15.0 Å². The van der Waals surface area contributed by atoms with Gasteiger partial charge in [0.05, 0.1) is 18.8 Å². The molecule has 1 aliphatic heterocycles. The molecule has 2 atom stereocenters. The molecule has 2 N–H and O–H groups in total. The second-order valence-corrected chi connectivity index (χ2v) is 6.07.